The van der Waals surface area contributed by atoms with E-state index in [1.807, 2.05) is 30.3 Å². The Morgan fingerprint density at radius 3 is 2.59 bits per heavy atom. The van der Waals surface area contributed by atoms with Gasteiger partial charge in [-0.1, -0.05) is 36.8 Å². The van der Waals surface area contributed by atoms with Crippen LogP contribution in [0.15, 0.2) is 30.3 Å². The van der Waals surface area contributed by atoms with Gasteiger partial charge >= 0.3 is 0 Å². The minimum Gasteiger partial charge on any atom is -0.378 e. The number of hydrogen-bond donors (Lipinski definition) is 2. The second-order valence-electron chi connectivity index (χ2n) is 4.67. The molecule has 3 nitrogen and oxygen atoms in total. The van der Waals surface area contributed by atoms with E-state index in [2.05, 4.69) is 5.32 Å². The monoisotopic (exact) mass is 233 g/mol. The summed E-state index contributed by atoms with van der Waals surface area (Å²) in [5.41, 5.74) is 1.05. The topological polar surface area (TPSA) is 49.3 Å². The molecule has 17 heavy (non-hydrogen) atoms. The predicted molar refractivity (Wildman–Crippen MR) is 66.3 cm³/mol. The third-order valence-electron chi connectivity index (χ3n) is 3.50. The van der Waals surface area contributed by atoms with Crippen LogP contribution in [0.4, 0.5) is 0 Å². The highest BCUT2D eigenvalue weighted by Crippen LogP contribution is 2.30. The van der Waals surface area contributed by atoms with Crippen LogP contribution in [0, 0.1) is 5.92 Å². The van der Waals surface area contributed by atoms with Crippen LogP contribution in [0.3, 0.4) is 0 Å². The number of aldehydes is 1. The predicted octanol–water partition coefficient (Wildman–Crippen LogP) is 2.02. The molecule has 1 fully saturated rings. The lowest BCUT2D eigenvalue weighted by Gasteiger charge is -2.33. The third-order valence-corrected chi connectivity index (χ3v) is 3.50. The Bertz CT molecular complexity index is 348. The summed E-state index contributed by atoms with van der Waals surface area (Å²) in [6.45, 7) is 0. The van der Waals surface area contributed by atoms with E-state index in [0.717, 1.165) is 24.7 Å². The molecular weight excluding hydrogens is 214 g/mol. The van der Waals surface area contributed by atoms with Gasteiger partial charge in [0.25, 0.3) is 0 Å². The molecule has 0 bridgehead atoms. The van der Waals surface area contributed by atoms with Crippen LogP contribution in [0.5, 0.6) is 0 Å². The first-order chi connectivity index (χ1) is 8.31. The second kappa shape index (κ2) is 5.94. The zero-order valence-corrected chi connectivity index (χ0v) is 9.88. The van der Waals surface area contributed by atoms with Crippen molar-refractivity contribution in [1.82, 2.24) is 5.32 Å². The first-order valence-corrected chi connectivity index (χ1v) is 6.24. The third kappa shape index (κ3) is 3.14. The number of benzene rings is 1. The Balaban J connectivity index is 1.99. The lowest BCUT2D eigenvalue weighted by Crippen LogP contribution is -2.41. The van der Waals surface area contributed by atoms with Gasteiger partial charge in [0.2, 0.25) is 0 Å². The standard InChI is InChI=1S/C14H19NO2/c16-10-9-13(11-5-2-1-3-6-11)15-14(17)12-7-4-8-12/h1-3,5-6,10,12-15,17H,4,7-9H2/t13-,14?/m0/s1. The van der Waals surface area contributed by atoms with E-state index >= 15 is 0 Å². The second-order valence-corrected chi connectivity index (χ2v) is 4.67. The number of carbonyl (C=O) groups excluding carboxylic acids is 1. The minimum absolute atomic E-state index is 0.0794. The number of hydrogen-bond acceptors (Lipinski definition) is 3. The molecule has 1 aromatic rings. The Morgan fingerprint density at radius 1 is 1.35 bits per heavy atom. The zero-order chi connectivity index (χ0) is 12.1. The van der Waals surface area contributed by atoms with Gasteiger partial charge in [-0.2, -0.15) is 0 Å². The van der Waals surface area contributed by atoms with Crippen molar-refractivity contribution in [2.45, 2.75) is 38.0 Å². The summed E-state index contributed by atoms with van der Waals surface area (Å²) in [6.07, 6.45) is 4.17. The van der Waals surface area contributed by atoms with Crippen LogP contribution in [0.2, 0.25) is 0 Å². The van der Waals surface area contributed by atoms with E-state index in [1.165, 1.54) is 6.42 Å². The number of rotatable bonds is 6. The molecule has 1 saturated carbocycles. The van der Waals surface area contributed by atoms with Gasteiger partial charge in [-0.05, 0) is 24.3 Å². The van der Waals surface area contributed by atoms with Crippen molar-refractivity contribution in [1.29, 1.82) is 0 Å². The molecule has 92 valence electrons. The lowest BCUT2D eigenvalue weighted by molar-refractivity contribution is -0.108. The Morgan fingerprint density at radius 2 is 2.06 bits per heavy atom. The van der Waals surface area contributed by atoms with Crippen LogP contribution >= 0.6 is 0 Å². The van der Waals surface area contributed by atoms with E-state index in [-0.39, 0.29) is 6.04 Å². The van der Waals surface area contributed by atoms with Crippen LogP contribution in [0.25, 0.3) is 0 Å². The summed E-state index contributed by atoms with van der Waals surface area (Å²) < 4.78 is 0. The normalized spacial score (nSPS) is 19.4. The van der Waals surface area contributed by atoms with Gasteiger partial charge in [-0.15, -0.1) is 0 Å². The number of aliphatic hydroxyl groups excluding tert-OH is 1. The highest BCUT2D eigenvalue weighted by atomic mass is 16.3. The summed E-state index contributed by atoms with van der Waals surface area (Å²) in [5.74, 6) is 0.355. The summed E-state index contributed by atoms with van der Waals surface area (Å²) in [7, 11) is 0. The zero-order valence-electron chi connectivity index (χ0n) is 9.88. The summed E-state index contributed by atoms with van der Waals surface area (Å²) in [4.78, 5) is 10.7. The molecule has 1 aromatic carbocycles. The molecule has 0 saturated heterocycles. The first kappa shape index (κ1) is 12.3. The van der Waals surface area contributed by atoms with Crippen molar-refractivity contribution >= 4 is 6.29 Å². The van der Waals surface area contributed by atoms with E-state index < -0.39 is 6.23 Å². The molecule has 0 amide bonds. The molecule has 0 heterocycles. The van der Waals surface area contributed by atoms with Gasteiger partial charge in [0.1, 0.15) is 12.5 Å². The molecule has 2 atom stereocenters. The van der Waals surface area contributed by atoms with Crippen LogP contribution in [-0.2, 0) is 4.79 Å². The van der Waals surface area contributed by atoms with Gasteiger partial charge < -0.3 is 9.90 Å². The minimum atomic E-state index is -0.492. The fourth-order valence-corrected chi connectivity index (χ4v) is 2.18. The first-order valence-electron chi connectivity index (χ1n) is 6.24. The molecule has 1 aliphatic rings. The quantitative estimate of drug-likeness (QED) is 0.584. The average Bonchev–Trinajstić information content (AvgIpc) is 2.27. The van der Waals surface area contributed by atoms with Crippen LogP contribution < -0.4 is 5.32 Å². The fourth-order valence-electron chi connectivity index (χ4n) is 2.18. The number of nitrogens with one attached hydrogen (secondary N) is 1. The molecule has 0 aromatic heterocycles. The molecule has 0 radical (unpaired) electrons. The summed E-state index contributed by atoms with van der Waals surface area (Å²) in [6, 6.07) is 9.73. The van der Waals surface area contributed by atoms with Crippen molar-refractivity contribution < 1.29 is 9.90 Å². The fraction of sp³-hybridized carbons (Fsp3) is 0.500. The van der Waals surface area contributed by atoms with Crippen molar-refractivity contribution in [2.24, 2.45) is 5.92 Å². The van der Waals surface area contributed by atoms with Crippen molar-refractivity contribution in [2.75, 3.05) is 0 Å². The molecule has 3 heteroatoms. The molecular formula is C14H19NO2. The maximum absolute atomic E-state index is 10.7. The van der Waals surface area contributed by atoms with Crippen molar-refractivity contribution in [3.63, 3.8) is 0 Å². The highest BCUT2D eigenvalue weighted by Gasteiger charge is 2.27. The summed E-state index contributed by atoms with van der Waals surface area (Å²) >= 11 is 0. The van der Waals surface area contributed by atoms with Crippen LogP contribution in [-0.4, -0.2) is 17.6 Å². The smallest absolute Gasteiger partial charge is 0.121 e. The Kier molecular flexibility index (Phi) is 4.29. The van der Waals surface area contributed by atoms with E-state index in [9.17, 15) is 9.90 Å². The molecule has 0 aliphatic heterocycles. The molecule has 0 spiro atoms. The molecule has 1 aliphatic carbocycles. The van der Waals surface area contributed by atoms with Crippen LogP contribution in [0.1, 0.15) is 37.3 Å². The maximum Gasteiger partial charge on any atom is 0.121 e. The van der Waals surface area contributed by atoms with Crippen molar-refractivity contribution in [3.8, 4) is 0 Å². The Labute approximate surface area is 102 Å². The Hall–Kier alpha value is -1.19. The van der Waals surface area contributed by atoms with Gasteiger partial charge in [0.15, 0.2) is 0 Å². The molecule has 2 N–H and O–H groups in total. The van der Waals surface area contributed by atoms with E-state index in [0.29, 0.717) is 12.3 Å². The maximum atomic E-state index is 10.7. The summed E-state index contributed by atoms with van der Waals surface area (Å²) in [5, 5.41) is 13.2. The number of aliphatic hydroxyl groups is 1. The van der Waals surface area contributed by atoms with Gasteiger partial charge in [0.05, 0.1) is 0 Å². The number of carbonyl (C=O) groups is 1. The molecule has 1 unspecified atom stereocenters. The van der Waals surface area contributed by atoms with Crippen molar-refractivity contribution in [3.05, 3.63) is 35.9 Å². The van der Waals surface area contributed by atoms with Gasteiger partial charge in [0, 0.05) is 12.5 Å². The van der Waals surface area contributed by atoms with Gasteiger partial charge in [-0.3, -0.25) is 5.32 Å². The molecule has 2 rings (SSSR count). The largest absolute Gasteiger partial charge is 0.378 e. The lowest BCUT2D eigenvalue weighted by atomic mass is 9.83. The van der Waals surface area contributed by atoms with E-state index in [1.54, 1.807) is 0 Å². The van der Waals surface area contributed by atoms with Gasteiger partial charge in [-0.25, -0.2) is 0 Å². The SMILES string of the molecule is O=CC[C@H](NC(O)C1CCC1)c1ccccc1. The highest BCUT2D eigenvalue weighted by molar-refractivity contribution is 5.51. The average molecular weight is 233 g/mol. The van der Waals surface area contributed by atoms with E-state index in [4.69, 9.17) is 0 Å².